The number of thiol groups is 1. The lowest BCUT2D eigenvalue weighted by atomic mass is 10.3. The smallest absolute Gasteiger partial charge is 0.0347 e. The largest absolute Gasteiger partial charge is 0.228 e. The number of hydrogen-bond acceptors (Lipinski definition) is 2. The molecule has 0 bridgehead atoms. The van der Waals surface area contributed by atoms with Gasteiger partial charge < -0.3 is 0 Å². The van der Waals surface area contributed by atoms with E-state index in [-0.39, 0.29) is 0 Å². The summed E-state index contributed by atoms with van der Waals surface area (Å²) in [6, 6.07) is 0. The van der Waals surface area contributed by atoms with Crippen molar-refractivity contribution in [3.8, 4) is 0 Å². The van der Waals surface area contributed by atoms with Crippen molar-refractivity contribution < 1.29 is 0 Å². The molecular formula is C5H9NS. The summed E-state index contributed by atoms with van der Waals surface area (Å²) in [6.07, 6.45) is 3.55. The summed E-state index contributed by atoms with van der Waals surface area (Å²) in [5.74, 6) is 0. The van der Waals surface area contributed by atoms with Crippen molar-refractivity contribution in [3.05, 3.63) is 11.6 Å². The van der Waals surface area contributed by atoms with Crippen LogP contribution in [0, 0.1) is 0 Å². The van der Waals surface area contributed by atoms with Gasteiger partial charge in [0.15, 0.2) is 0 Å². The number of nitrogens with zero attached hydrogens (tertiary/aromatic N) is 1. The van der Waals surface area contributed by atoms with Crippen LogP contribution in [0.5, 0.6) is 0 Å². The zero-order valence-corrected chi connectivity index (χ0v) is 5.44. The second kappa shape index (κ2) is 3.93. The third-order valence-electron chi connectivity index (χ3n) is 0.475. The molecule has 7 heavy (non-hydrogen) atoms. The average molecular weight is 115 g/mol. The van der Waals surface area contributed by atoms with Gasteiger partial charge >= 0.3 is 0 Å². The summed E-state index contributed by atoms with van der Waals surface area (Å²) in [5.41, 5.74) is 1.23. The van der Waals surface area contributed by atoms with Crippen molar-refractivity contribution in [2.75, 3.05) is 0 Å². The van der Waals surface area contributed by atoms with E-state index in [1.807, 2.05) is 19.9 Å². The van der Waals surface area contributed by atoms with E-state index >= 15 is 0 Å². The topological polar surface area (TPSA) is 12.4 Å². The Balaban J connectivity index is 3.46. The molecule has 1 nitrogen and oxygen atoms in total. The minimum Gasteiger partial charge on any atom is -0.228 e. The fraction of sp³-hybridized carbons (Fsp3) is 0.400. The summed E-state index contributed by atoms with van der Waals surface area (Å²) in [4.78, 5) is 0. The Kier molecular flexibility index (Phi) is 3.80. The summed E-state index contributed by atoms with van der Waals surface area (Å²) < 4.78 is 3.47. The van der Waals surface area contributed by atoms with Gasteiger partial charge in [-0.1, -0.05) is 5.57 Å². The van der Waals surface area contributed by atoms with Crippen LogP contribution in [-0.4, -0.2) is 6.21 Å². The van der Waals surface area contributed by atoms with E-state index in [9.17, 15) is 0 Å². The number of allylic oxidation sites excluding steroid dienone is 2. The Bertz CT molecular complexity index is 90.3. The van der Waals surface area contributed by atoms with Crippen molar-refractivity contribution in [2.24, 2.45) is 4.40 Å². The van der Waals surface area contributed by atoms with E-state index < -0.39 is 0 Å². The first-order valence-corrected chi connectivity index (χ1v) is 2.48. The SMILES string of the molecule is CC(C)=C/C=N\S. The van der Waals surface area contributed by atoms with Gasteiger partial charge in [-0.15, -0.1) is 0 Å². The summed E-state index contributed by atoms with van der Waals surface area (Å²) in [7, 11) is 0. The van der Waals surface area contributed by atoms with Crippen LogP contribution in [0.3, 0.4) is 0 Å². The molecule has 0 atom stereocenters. The lowest BCUT2D eigenvalue weighted by Crippen LogP contribution is -1.63. The number of hydrogen-bond donors (Lipinski definition) is 1. The van der Waals surface area contributed by atoms with Gasteiger partial charge in [-0.3, -0.25) is 0 Å². The molecule has 0 heterocycles. The summed E-state index contributed by atoms with van der Waals surface area (Å²) >= 11 is 3.62. The first-order valence-electron chi connectivity index (χ1n) is 2.08. The molecular weight excluding hydrogens is 106 g/mol. The van der Waals surface area contributed by atoms with Crippen molar-refractivity contribution in [1.29, 1.82) is 0 Å². The second-order valence-electron chi connectivity index (χ2n) is 1.51. The van der Waals surface area contributed by atoms with Crippen LogP contribution in [0.4, 0.5) is 0 Å². The van der Waals surface area contributed by atoms with E-state index in [1.54, 1.807) is 6.21 Å². The van der Waals surface area contributed by atoms with Crippen LogP contribution in [0.15, 0.2) is 16.0 Å². The molecule has 0 aromatic rings. The van der Waals surface area contributed by atoms with Gasteiger partial charge in [-0.2, -0.15) is 0 Å². The molecule has 0 aromatic heterocycles. The highest BCUT2D eigenvalue weighted by molar-refractivity contribution is 7.78. The van der Waals surface area contributed by atoms with Gasteiger partial charge in [0.25, 0.3) is 0 Å². The highest BCUT2D eigenvalue weighted by Crippen LogP contribution is 1.84. The molecule has 0 aliphatic carbocycles. The molecule has 0 saturated heterocycles. The predicted octanol–water partition coefficient (Wildman–Crippen LogP) is 1.87. The van der Waals surface area contributed by atoms with Crippen molar-refractivity contribution in [1.82, 2.24) is 0 Å². The minimum atomic E-state index is 1.23. The van der Waals surface area contributed by atoms with E-state index in [0.717, 1.165) is 0 Å². The third-order valence-corrected chi connectivity index (χ3v) is 0.608. The highest BCUT2D eigenvalue weighted by atomic mass is 32.1. The Morgan fingerprint density at radius 1 is 1.57 bits per heavy atom. The van der Waals surface area contributed by atoms with Crippen LogP contribution in [-0.2, 0) is 0 Å². The summed E-state index contributed by atoms with van der Waals surface area (Å²) in [5, 5.41) is 0. The zero-order valence-electron chi connectivity index (χ0n) is 4.55. The standard InChI is InChI=1S/C5H9NS/c1-5(2)3-4-6-7/h3-4,7H,1-2H3/b6-4-. The molecule has 0 N–H and O–H groups in total. The maximum Gasteiger partial charge on any atom is 0.0347 e. The average Bonchev–Trinajstić information content (AvgIpc) is 1.61. The van der Waals surface area contributed by atoms with Crippen molar-refractivity contribution >= 4 is 19.0 Å². The fourth-order valence-electron chi connectivity index (χ4n) is 0.182. The van der Waals surface area contributed by atoms with Gasteiger partial charge in [-0.25, -0.2) is 4.40 Å². The normalized spacial score (nSPS) is 9.57. The fourth-order valence-corrected chi connectivity index (χ4v) is 0.249. The van der Waals surface area contributed by atoms with E-state index in [2.05, 4.69) is 17.2 Å². The molecule has 0 aliphatic heterocycles. The van der Waals surface area contributed by atoms with Crippen LogP contribution < -0.4 is 0 Å². The molecule has 0 radical (unpaired) electrons. The Labute approximate surface area is 49.7 Å². The first-order chi connectivity index (χ1) is 3.27. The maximum absolute atomic E-state index is 3.62. The molecule has 0 rings (SSSR count). The summed E-state index contributed by atoms with van der Waals surface area (Å²) in [6.45, 7) is 4.02. The quantitative estimate of drug-likeness (QED) is 0.395. The molecule has 0 amide bonds. The Morgan fingerprint density at radius 2 is 2.14 bits per heavy atom. The van der Waals surface area contributed by atoms with Crippen molar-refractivity contribution in [3.63, 3.8) is 0 Å². The van der Waals surface area contributed by atoms with Crippen LogP contribution in [0.1, 0.15) is 13.8 Å². The maximum atomic E-state index is 3.62. The highest BCUT2D eigenvalue weighted by Gasteiger charge is 1.66. The number of rotatable bonds is 1. The van der Waals surface area contributed by atoms with Crippen LogP contribution >= 0.6 is 12.8 Å². The Morgan fingerprint density at radius 3 is 2.29 bits per heavy atom. The predicted molar refractivity (Wildman–Crippen MR) is 36.9 cm³/mol. The van der Waals surface area contributed by atoms with Gasteiger partial charge in [0, 0.05) is 6.21 Å². The zero-order chi connectivity index (χ0) is 5.70. The monoisotopic (exact) mass is 115 g/mol. The molecule has 40 valence electrons. The van der Waals surface area contributed by atoms with Gasteiger partial charge in [-0.05, 0) is 32.7 Å². The Hall–Kier alpha value is -0.240. The molecule has 0 saturated carbocycles. The molecule has 0 fully saturated rings. The first kappa shape index (κ1) is 6.76. The molecule has 0 aliphatic rings. The van der Waals surface area contributed by atoms with E-state index in [4.69, 9.17) is 0 Å². The molecule has 2 heteroatoms. The van der Waals surface area contributed by atoms with E-state index in [1.165, 1.54) is 5.57 Å². The lowest BCUT2D eigenvalue weighted by molar-refractivity contribution is 1.41. The van der Waals surface area contributed by atoms with Crippen molar-refractivity contribution in [2.45, 2.75) is 13.8 Å². The lowest BCUT2D eigenvalue weighted by Gasteiger charge is -1.77. The molecule has 0 aromatic carbocycles. The van der Waals surface area contributed by atoms with E-state index in [0.29, 0.717) is 0 Å². The van der Waals surface area contributed by atoms with Gasteiger partial charge in [0.1, 0.15) is 0 Å². The van der Waals surface area contributed by atoms with Gasteiger partial charge in [0.05, 0.1) is 0 Å². The van der Waals surface area contributed by atoms with Crippen LogP contribution in [0.25, 0.3) is 0 Å². The second-order valence-corrected chi connectivity index (χ2v) is 1.74. The minimum absolute atomic E-state index is 1.23. The molecule has 0 unspecified atom stereocenters. The molecule has 0 spiro atoms. The van der Waals surface area contributed by atoms with Gasteiger partial charge in [0.2, 0.25) is 0 Å². The van der Waals surface area contributed by atoms with Crippen LogP contribution in [0.2, 0.25) is 0 Å². The third kappa shape index (κ3) is 5.76.